The normalized spacial score (nSPS) is 10.8. The molecule has 8 rings (SSSR count). The van der Waals surface area contributed by atoms with Gasteiger partial charge in [0.2, 0.25) is 23.6 Å². The number of hydrogen-bond donors (Lipinski definition) is 12. The fourth-order valence-electron chi connectivity index (χ4n) is 9.35. The molecule has 110 heavy (non-hydrogen) atoms. The summed E-state index contributed by atoms with van der Waals surface area (Å²) in [4.78, 5) is 89.1. The molecule has 0 saturated heterocycles. The zero-order chi connectivity index (χ0) is 81.3. The second-order valence-electron chi connectivity index (χ2n) is 24.5. The van der Waals surface area contributed by atoms with Crippen LogP contribution in [0.3, 0.4) is 0 Å². The zero-order valence-corrected chi connectivity index (χ0v) is 71.9. The Morgan fingerprint density at radius 1 is 0.327 bits per heavy atom. The van der Waals surface area contributed by atoms with E-state index in [1.54, 1.807) is 121 Å². The number of carbonyl (C=O) groups is 8. The Morgan fingerprint density at radius 2 is 0.555 bits per heavy atom. The highest BCUT2D eigenvalue weighted by Gasteiger charge is 2.20. The summed E-state index contributed by atoms with van der Waals surface area (Å²) in [5.41, 5.74) is 5.08. The van der Waals surface area contributed by atoms with Crippen molar-refractivity contribution in [3.8, 4) is 69.0 Å². The molecule has 0 heterocycles. The molecule has 0 unspecified atom stereocenters. The van der Waals surface area contributed by atoms with E-state index in [1.807, 2.05) is 55.4 Å². The molecule has 586 valence electrons. The average Bonchev–Trinajstić information content (AvgIpc) is 0.832. The number of aromatic hydroxyl groups is 4. The van der Waals surface area contributed by atoms with Crippen molar-refractivity contribution in [2.45, 2.75) is 119 Å². The summed E-state index contributed by atoms with van der Waals surface area (Å²) in [7, 11) is 0. The van der Waals surface area contributed by atoms with Crippen molar-refractivity contribution < 1.29 is 98.2 Å². The second kappa shape index (κ2) is 44.9. The van der Waals surface area contributed by atoms with Gasteiger partial charge in [0.15, 0.2) is 23.0 Å². The number of halogens is 8. The Hall–Kier alpha value is -8.76. The zero-order valence-electron chi connectivity index (χ0n) is 59.2. The van der Waals surface area contributed by atoms with E-state index >= 15 is 0 Å². The van der Waals surface area contributed by atoms with Crippen LogP contribution in [-0.4, -0.2) is 88.4 Å². The molecule has 0 bridgehead atoms. The van der Waals surface area contributed by atoms with Crippen LogP contribution in [0.4, 0.5) is 22.7 Å². The predicted octanol–water partition coefficient (Wildman–Crippen LogP) is 23.1. The van der Waals surface area contributed by atoms with Crippen molar-refractivity contribution in [2.24, 2.45) is 0 Å². The first-order valence-electron chi connectivity index (χ1n) is 32.6. The van der Waals surface area contributed by atoms with Gasteiger partial charge in [-0.3, -0.25) is 28.8 Å². The summed E-state index contributed by atoms with van der Waals surface area (Å²) in [5, 5.41) is 84.6. The predicted molar refractivity (Wildman–Crippen MR) is 450 cm³/mol. The van der Waals surface area contributed by atoms with Gasteiger partial charge in [-0.25, -0.2) is 9.59 Å². The van der Waals surface area contributed by atoms with Gasteiger partial charge < -0.3 is 81.1 Å². The Labute approximate surface area is 702 Å². The van der Waals surface area contributed by atoms with Crippen LogP contribution in [-0.2, 0) is 38.4 Å². The van der Waals surface area contributed by atoms with Crippen molar-refractivity contribution >= 4 is 198 Å². The van der Waals surface area contributed by atoms with E-state index in [4.69, 9.17) is 39.4 Å². The molecule has 0 aliphatic carbocycles. The number of rotatable bonds is 27. The molecular weight excluding hydrogens is 1950 g/mol. The minimum absolute atomic E-state index is 0. The number of aliphatic carboxylic acids is 4. The van der Waals surface area contributed by atoms with E-state index in [0.717, 1.165) is 46.6 Å². The maximum Gasteiger partial charge on any atom is 0.328 e. The van der Waals surface area contributed by atoms with E-state index in [9.17, 15) is 58.8 Å². The van der Waals surface area contributed by atoms with Gasteiger partial charge in [-0.15, -0.1) is 0 Å². The van der Waals surface area contributed by atoms with Gasteiger partial charge >= 0.3 is 23.9 Å². The quantitative estimate of drug-likeness (QED) is 0.0213. The average molecular weight is 2030 g/mol. The lowest BCUT2D eigenvalue weighted by atomic mass is 10.0. The van der Waals surface area contributed by atoms with E-state index in [-0.39, 0.29) is 98.0 Å². The Morgan fingerprint density at radius 3 is 0.773 bits per heavy atom. The highest BCUT2D eigenvalue weighted by molar-refractivity contribution is 9.12. The summed E-state index contributed by atoms with van der Waals surface area (Å²) in [5.74, 6) is -0.407. The minimum atomic E-state index is -1.20. The molecule has 32 heteroatoms. The highest BCUT2D eigenvalue weighted by atomic mass is 79.9. The van der Waals surface area contributed by atoms with Gasteiger partial charge in [0, 0.05) is 88.6 Å². The summed E-state index contributed by atoms with van der Waals surface area (Å²) in [6, 6.07) is 33.4. The molecule has 0 aliphatic heterocycles. The smallest absolute Gasteiger partial charge is 0.328 e. The summed E-state index contributed by atoms with van der Waals surface area (Å²) in [6.07, 6.45) is 3.41. The molecule has 24 nitrogen and oxygen atoms in total. The van der Waals surface area contributed by atoms with E-state index in [2.05, 4.69) is 149 Å². The third kappa shape index (κ3) is 30.8. The maximum absolute atomic E-state index is 11.9. The van der Waals surface area contributed by atoms with Crippen molar-refractivity contribution in [3.63, 3.8) is 0 Å². The highest BCUT2D eigenvalue weighted by Crippen LogP contribution is 2.46. The van der Waals surface area contributed by atoms with Crippen LogP contribution in [0.2, 0.25) is 0 Å². The molecule has 0 fully saturated rings. The number of phenols is 4. The molecular formula is C78H78Br8N4O20. The second-order valence-corrected chi connectivity index (χ2v) is 31.4. The van der Waals surface area contributed by atoms with Crippen LogP contribution >= 0.6 is 127 Å². The largest absolute Gasteiger partial charge is 0.508 e. The van der Waals surface area contributed by atoms with Crippen molar-refractivity contribution in [1.82, 2.24) is 0 Å². The Kier molecular flexibility index (Phi) is 38.2. The number of hydrogen-bond acceptors (Lipinski definition) is 16. The van der Waals surface area contributed by atoms with Gasteiger partial charge in [-0.2, -0.15) is 0 Å². The lowest BCUT2D eigenvalue weighted by Crippen LogP contribution is -2.13. The SMILES string of the molecule is C.CC(C)c1cc(Oc2c(Br)cc(NC(=O)/C=C/C(=O)O)cc2Br)ccc1O.CC(C)c1cc(Oc2c(Br)cc(NC(=O)/C=C\C(=O)O)cc2Br)ccc1O.CC(C)c1cc(Oc2c(Br)cc(NC(=O)CCC(=O)O)cc2Br)ccc1O.CC(C)c1cc(Oc2c(Br)cc(NC(=O)CCCC(=O)O)cc2Br)ccc1O. The first-order chi connectivity index (χ1) is 51.2. The van der Waals surface area contributed by atoms with Crippen molar-refractivity contribution in [2.75, 3.05) is 21.3 Å². The van der Waals surface area contributed by atoms with Crippen LogP contribution in [0.5, 0.6) is 69.0 Å². The summed E-state index contributed by atoms with van der Waals surface area (Å²) < 4.78 is 28.5. The summed E-state index contributed by atoms with van der Waals surface area (Å²) >= 11 is 27.3. The molecule has 8 aromatic rings. The standard InChI is InChI=1S/C20H21Br2NO5.C19H19Br2NO5.2C19H17Br2NO5.CH4/c1-11(2)14-10-13(6-7-17(14)24)28-20-15(21)8-12(9-16(20)22)23-18(25)4-3-5-19(26)27;3*1-10(2)13-9-12(3-4-16(13)23)27-19-14(20)7-11(8-15(19)21)22-17(24)5-6-18(25)26;/h6-11,24H,3-5H2,1-2H3,(H,23,25)(H,26,27);3-4,7-10,23H,5-6H2,1-2H3,(H,22,24)(H,25,26);2*3-10,23H,1-2H3,(H,22,24)(H,25,26);1H4/b;;6-5+;6-5-;. The first-order valence-corrected chi connectivity index (χ1v) is 39.0. The van der Waals surface area contributed by atoms with Crippen LogP contribution < -0.4 is 40.2 Å². The molecule has 4 amide bonds. The Bertz CT molecular complexity index is 4500. The Balaban J connectivity index is 0.000000309. The number of carboxylic acid groups (broad SMARTS) is 4. The lowest BCUT2D eigenvalue weighted by molar-refractivity contribution is -0.138. The molecule has 0 atom stereocenters. The van der Waals surface area contributed by atoms with Crippen LogP contribution in [0, 0.1) is 0 Å². The van der Waals surface area contributed by atoms with Gasteiger partial charge in [-0.1, -0.05) is 62.8 Å². The van der Waals surface area contributed by atoms with Crippen LogP contribution in [0.15, 0.2) is 181 Å². The van der Waals surface area contributed by atoms with Crippen LogP contribution in [0.25, 0.3) is 0 Å². The van der Waals surface area contributed by atoms with Gasteiger partial charge in [0.05, 0.1) is 42.2 Å². The number of nitrogens with one attached hydrogen (secondary N) is 4. The van der Waals surface area contributed by atoms with Gasteiger partial charge in [0.1, 0.15) is 46.0 Å². The minimum Gasteiger partial charge on any atom is -0.508 e. The topological polar surface area (TPSA) is 383 Å². The number of carbonyl (C=O) groups excluding carboxylic acids is 4. The van der Waals surface area contributed by atoms with Gasteiger partial charge in [0.25, 0.3) is 0 Å². The number of phenolic OH excluding ortho intramolecular Hbond substituents is 4. The molecule has 0 aliphatic rings. The van der Waals surface area contributed by atoms with E-state index < -0.39 is 35.7 Å². The lowest BCUT2D eigenvalue weighted by Gasteiger charge is -2.15. The molecule has 12 N–H and O–H groups in total. The molecule has 0 saturated carbocycles. The number of benzene rings is 8. The number of carboxylic acids is 4. The third-order valence-electron chi connectivity index (χ3n) is 14.6. The molecule has 8 aromatic carbocycles. The van der Waals surface area contributed by atoms with E-state index in [0.29, 0.717) is 105 Å². The third-order valence-corrected chi connectivity index (χ3v) is 19.3. The summed E-state index contributed by atoms with van der Waals surface area (Å²) in [6.45, 7) is 15.8. The van der Waals surface area contributed by atoms with Crippen molar-refractivity contribution in [1.29, 1.82) is 0 Å². The molecule has 0 aromatic heterocycles. The fourth-order valence-corrected chi connectivity index (χ4v) is 14.7. The van der Waals surface area contributed by atoms with E-state index in [1.165, 1.54) is 0 Å². The fraction of sp³-hybridized carbons (Fsp3) is 0.231. The number of ether oxygens (including phenoxy) is 4. The monoisotopic (exact) mass is 2020 g/mol. The van der Waals surface area contributed by atoms with Crippen LogP contribution in [0.1, 0.15) is 141 Å². The first kappa shape index (κ1) is 93.6. The van der Waals surface area contributed by atoms with Crippen molar-refractivity contribution in [3.05, 3.63) is 204 Å². The number of anilines is 4. The maximum atomic E-state index is 11.9. The molecule has 0 radical (unpaired) electrons. The molecule has 0 spiro atoms. The number of amides is 4. The van der Waals surface area contributed by atoms with Gasteiger partial charge in [-0.05, 0) is 279 Å².